The van der Waals surface area contributed by atoms with Crippen molar-refractivity contribution >= 4 is 22.6 Å². The average molecular weight is 332 g/mol. The molecule has 0 fully saturated rings. The molecule has 0 aromatic heterocycles. The van der Waals surface area contributed by atoms with E-state index in [1.54, 1.807) is 14.2 Å². The van der Waals surface area contributed by atoms with Gasteiger partial charge in [0.25, 0.3) is 0 Å². The van der Waals surface area contributed by atoms with Crippen LogP contribution in [-0.4, -0.2) is 14.2 Å². The molecule has 0 aliphatic carbocycles. The molecule has 5 heteroatoms. The Morgan fingerprint density at radius 2 is 2.12 bits per heavy atom. The Labute approximate surface area is 108 Å². The second-order valence-corrected chi connectivity index (χ2v) is 4.37. The van der Waals surface area contributed by atoms with Gasteiger partial charge in [0.05, 0.1) is 30.3 Å². The maximum Gasteiger partial charge on any atom is 0.174 e. The van der Waals surface area contributed by atoms with Gasteiger partial charge in [0.15, 0.2) is 11.5 Å². The van der Waals surface area contributed by atoms with Crippen molar-refractivity contribution in [2.75, 3.05) is 14.2 Å². The molecule has 0 radical (unpaired) electrons. The Bertz CT molecular complexity index is 415. The minimum Gasteiger partial charge on any atom is -0.493 e. The average Bonchev–Trinajstić information content (AvgIpc) is 2.28. The molecule has 86 valence electrons. The van der Waals surface area contributed by atoms with Gasteiger partial charge in [0.2, 0.25) is 0 Å². The molecule has 4 nitrogen and oxygen atoms in total. The van der Waals surface area contributed by atoms with Crippen LogP contribution < -0.4 is 15.2 Å². The maximum absolute atomic E-state index is 8.61. The van der Waals surface area contributed by atoms with E-state index in [0.29, 0.717) is 11.5 Å². The SMILES string of the molecule is COc1cc(C(N)CC#N)cc(I)c1OC. The highest BCUT2D eigenvalue weighted by Gasteiger charge is 2.14. The standard InChI is InChI=1S/C11H13IN2O2/c1-15-10-6-7(9(14)3-4-13)5-8(12)11(10)16-2/h5-6,9H,3,14H2,1-2H3. The Balaban J connectivity index is 3.15. The van der Waals surface area contributed by atoms with Gasteiger partial charge >= 0.3 is 0 Å². The van der Waals surface area contributed by atoms with Crippen molar-refractivity contribution in [3.63, 3.8) is 0 Å². The first-order valence-electron chi connectivity index (χ1n) is 4.68. The van der Waals surface area contributed by atoms with Crippen LogP contribution in [0.2, 0.25) is 0 Å². The number of halogens is 1. The predicted octanol–water partition coefficient (Wildman–Crippen LogP) is 2.22. The third-order valence-electron chi connectivity index (χ3n) is 2.20. The topological polar surface area (TPSA) is 68.3 Å². The Morgan fingerprint density at radius 3 is 2.62 bits per heavy atom. The molecule has 1 aromatic rings. The van der Waals surface area contributed by atoms with Gasteiger partial charge in [-0.15, -0.1) is 0 Å². The first kappa shape index (κ1) is 13.1. The number of nitrogens with two attached hydrogens (primary N) is 1. The number of benzene rings is 1. The Morgan fingerprint density at radius 1 is 1.44 bits per heavy atom. The van der Waals surface area contributed by atoms with E-state index < -0.39 is 0 Å². The molecule has 0 spiro atoms. The fraction of sp³-hybridized carbons (Fsp3) is 0.364. The van der Waals surface area contributed by atoms with Crippen LogP contribution in [0.15, 0.2) is 12.1 Å². The van der Waals surface area contributed by atoms with Gasteiger partial charge in [-0.05, 0) is 40.3 Å². The van der Waals surface area contributed by atoms with Gasteiger partial charge < -0.3 is 15.2 Å². The van der Waals surface area contributed by atoms with E-state index in [4.69, 9.17) is 20.5 Å². The summed E-state index contributed by atoms with van der Waals surface area (Å²) in [6.07, 6.45) is 0.283. The van der Waals surface area contributed by atoms with Crippen LogP contribution >= 0.6 is 22.6 Å². The van der Waals surface area contributed by atoms with Gasteiger partial charge in [-0.2, -0.15) is 5.26 Å². The lowest BCUT2D eigenvalue weighted by molar-refractivity contribution is 0.352. The zero-order valence-corrected chi connectivity index (χ0v) is 11.3. The van der Waals surface area contributed by atoms with E-state index in [-0.39, 0.29) is 12.5 Å². The molecule has 2 N–H and O–H groups in total. The summed E-state index contributed by atoms with van der Waals surface area (Å²) in [5.41, 5.74) is 6.75. The van der Waals surface area contributed by atoms with Gasteiger partial charge in [-0.1, -0.05) is 0 Å². The summed E-state index contributed by atoms with van der Waals surface area (Å²) in [5.74, 6) is 1.33. The van der Waals surface area contributed by atoms with E-state index in [2.05, 4.69) is 28.7 Å². The molecule has 1 atom stereocenters. The lowest BCUT2D eigenvalue weighted by atomic mass is 10.0. The third-order valence-corrected chi connectivity index (χ3v) is 3.00. The summed E-state index contributed by atoms with van der Waals surface area (Å²) in [6.45, 7) is 0. The summed E-state index contributed by atoms with van der Waals surface area (Å²) < 4.78 is 11.4. The number of hydrogen-bond acceptors (Lipinski definition) is 4. The Hall–Kier alpha value is -1.00. The van der Waals surface area contributed by atoms with Crippen LogP contribution in [0.3, 0.4) is 0 Å². The maximum atomic E-state index is 8.61. The predicted molar refractivity (Wildman–Crippen MR) is 69.4 cm³/mol. The van der Waals surface area contributed by atoms with Crippen molar-refractivity contribution in [2.24, 2.45) is 5.73 Å². The second-order valence-electron chi connectivity index (χ2n) is 3.21. The van der Waals surface area contributed by atoms with Crippen LogP contribution in [-0.2, 0) is 0 Å². The fourth-order valence-corrected chi connectivity index (χ4v) is 2.21. The molecule has 0 aliphatic rings. The van der Waals surface area contributed by atoms with Gasteiger partial charge in [0, 0.05) is 6.04 Å². The van der Waals surface area contributed by atoms with Crippen molar-refractivity contribution in [1.29, 1.82) is 5.26 Å². The number of hydrogen-bond donors (Lipinski definition) is 1. The van der Waals surface area contributed by atoms with Crippen molar-refractivity contribution in [1.82, 2.24) is 0 Å². The highest BCUT2D eigenvalue weighted by molar-refractivity contribution is 14.1. The monoisotopic (exact) mass is 332 g/mol. The van der Waals surface area contributed by atoms with Crippen LogP contribution in [0.4, 0.5) is 0 Å². The van der Waals surface area contributed by atoms with Crippen LogP contribution in [0.5, 0.6) is 11.5 Å². The smallest absolute Gasteiger partial charge is 0.174 e. The molecule has 16 heavy (non-hydrogen) atoms. The van der Waals surface area contributed by atoms with Gasteiger partial charge in [-0.25, -0.2) is 0 Å². The molecule has 0 bridgehead atoms. The summed E-state index contributed by atoms with van der Waals surface area (Å²) >= 11 is 2.15. The normalized spacial score (nSPS) is 11.7. The largest absolute Gasteiger partial charge is 0.493 e. The first-order valence-corrected chi connectivity index (χ1v) is 5.75. The number of nitriles is 1. The second kappa shape index (κ2) is 5.92. The van der Waals surface area contributed by atoms with E-state index in [9.17, 15) is 0 Å². The molecular formula is C11H13IN2O2. The summed E-state index contributed by atoms with van der Waals surface area (Å²) in [6, 6.07) is 5.47. The molecule has 1 aromatic carbocycles. The highest BCUT2D eigenvalue weighted by Crippen LogP contribution is 2.35. The molecule has 1 unspecified atom stereocenters. The van der Waals surface area contributed by atoms with E-state index >= 15 is 0 Å². The number of rotatable bonds is 4. The fourth-order valence-electron chi connectivity index (χ4n) is 1.37. The zero-order valence-electron chi connectivity index (χ0n) is 9.16. The summed E-state index contributed by atoms with van der Waals surface area (Å²) in [4.78, 5) is 0. The molecule has 0 aliphatic heterocycles. The van der Waals surface area contributed by atoms with Gasteiger partial charge in [-0.3, -0.25) is 0 Å². The van der Waals surface area contributed by atoms with E-state index in [0.717, 1.165) is 9.13 Å². The number of nitrogens with zero attached hydrogens (tertiary/aromatic N) is 1. The lowest BCUT2D eigenvalue weighted by Crippen LogP contribution is -2.10. The quantitative estimate of drug-likeness (QED) is 0.859. The summed E-state index contributed by atoms with van der Waals surface area (Å²) in [7, 11) is 3.17. The summed E-state index contributed by atoms with van der Waals surface area (Å²) in [5, 5.41) is 8.61. The first-order chi connectivity index (χ1) is 7.63. The number of ether oxygens (including phenoxy) is 2. The third kappa shape index (κ3) is 2.77. The highest BCUT2D eigenvalue weighted by atomic mass is 127. The molecule has 0 heterocycles. The lowest BCUT2D eigenvalue weighted by Gasteiger charge is -2.14. The van der Waals surface area contributed by atoms with E-state index in [1.165, 1.54) is 0 Å². The van der Waals surface area contributed by atoms with Crippen LogP contribution in [0.1, 0.15) is 18.0 Å². The zero-order chi connectivity index (χ0) is 12.1. The van der Waals surface area contributed by atoms with Crippen molar-refractivity contribution < 1.29 is 9.47 Å². The van der Waals surface area contributed by atoms with E-state index in [1.807, 2.05) is 12.1 Å². The van der Waals surface area contributed by atoms with Crippen molar-refractivity contribution in [3.8, 4) is 17.6 Å². The molecule has 0 saturated carbocycles. The molecule has 0 saturated heterocycles. The minimum atomic E-state index is -0.293. The van der Waals surface area contributed by atoms with Gasteiger partial charge in [0.1, 0.15) is 0 Å². The molecule has 1 rings (SSSR count). The van der Waals surface area contributed by atoms with Crippen molar-refractivity contribution in [2.45, 2.75) is 12.5 Å². The molecular weight excluding hydrogens is 319 g/mol. The number of methoxy groups -OCH3 is 2. The molecule has 0 amide bonds. The Kier molecular flexibility index (Phi) is 4.83. The van der Waals surface area contributed by atoms with Crippen LogP contribution in [0, 0.1) is 14.9 Å². The minimum absolute atomic E-state index is 0.283. The van der Waals surface area contributed by atoms with Crippen LogP contribution in [0.25, 0.3) is 0 Å². The van der Waals surface area contributed by atoms with Crippen molar-refractivity contribution in [3.05, 3.63) is 21.3 Å².